The number of fused-ring (bicyclic) bond motifs is 1. The van der Waals surface area contributed by atoms with Gasteiger partial charge >= 0.3 is 5.97 Å². The Morgan fingerprint density at radius 2 is 2.25 bits per heavy atom. The molecule has 0 spiro atoms. The van der Waals surface area contributed by atoms with Crippen molar-refractivity contribution in [3.05, 3.63) is 29.5 Å². The summed E-state index contributed by atoms with van der Waals surface area (Å²) in [6, 6.07) is 3.00. The van der Waals surface area contributed by atoms with Gasteiger partial charge in [0.2, 0.25) is 0 Å². The number of carbonyl (C=O) groups excluding carboxylic acids is 1. The fraction of sp³-hybridized carbons (Fsp3) is 0.357. The number of H-pyrrole nitrogens is 1. The molecule has 2 heterocycles. The molecule has 1 aromatic heterocycles. The maximum atomic E-state index is 12.6. The lowest BCUT2D eigenvalue weighted by molar-refractivity contribution is -0.141. The fourth-order valence-corrected chi connectivity index (χ4v) is 2.80. The minimum atomic E-state index is -0.940. The van der Waals surface area contributed by atoms with Gasteiger partial charge in [-0.05, 0) is 37.5 Å². The van der Waals surface area contributed by atoms with Gasteiger partial charge in [-0.1, -0.05) is 0 Å². The van der Waals surface area contributed by atoms with Crippen molar-refractivity contribution in [1.29, 1.82) is 0 Å². The molecular formula is C14H15N3O3. The molecule has 1 atom stereocenters. The molecule has 1 fully saturated rings. The van der Waals surface area contributed by atoms with Crippen LogP contribution in [0.2, 0.25) is 0 Å². The number of carbonyl (C=O) groups is 2. The van der Waals surface area contributed by atoms with Crippen LogP contribution in [-0.2, 0) is 4.79 Å². The van der Waals surface area contributed by atoms with Gasteiger partial charge < -0.3 is 10.0 Å². The monoisotopic (exact) mass is 273 g/mol. The van der Waals surface area contributed by atoms with Gasteiger partial charge in [0.25, 0.3) is 5.91 Å². The highest BCUT2D eigenvalue weighted by Crippen LogP contribution is 2.25. The average molecular weight is 273 g/mol. The largest absolute Gasteiger partial charge is 0.480 e. The molecule has 0 aliphatic carbocycles. The van der Waals surface area contributed by atoms with Crippen molar-refractivity contribution < 1.29 is 14.7 Å². The van der Waals surface area contributed by atoms with Crippen LogP contribution in [0.4, 0.5) is 0 Å². The Labute approximate surface area is 115 Å². The third-order valence-electron chi connectivity index (χ3n) is 3.72. The number of rotatable bonds is 2. The van der Waals surface area contributed by atoms with E-state index in [9.17, 15) is 14.7 Å². The van der Waals surface area contributed by atoms with E-state index in [0.717, 1.165) is 17.4 Å². The lowest BCUT2D eigenvalue weighted by Gasteiger charge is -2.21. The number of nitrogens with zero attached hydrogens (tertiary/aromatic N) is 2. The van der Waals surface area contributed by atoms with Crippen molar-refractivity contribution in [2.24, 2.45) is 0 Å². The van der Waals surface area contributed by atoms with E-state index in [4.69, 9.17) is 0 Å². The molecule has 1 saturated heterocycles. The molecule has 1 aliphatic rings. The summed E-state index contributed by atoms with van der Waals surface area (Å²) in [5, 5.41) is 16.8. The maximum absolute atomic E-state index is 12.6. The van der Waals surface area contributed by atoms with E-state index in [-0.39, 0.29) is 5.91 Å². The molecule has 1 aromatic carbocycles. The highest BCUT2D eigenvalue weighted by atomic mass is 16.4. The second kappa shape index (κ2) is 4.63. The minimum absolute atomic E-state index is 0.243. The zero-order chi connectivity index (χ0) is 14.3. The van der Waals surface area contributed by atoms with Crippen molar-refractivity contribution in [3.8, 4) is 0 Å². The van der Waals surface area contributed by atoms with Crippen LogP contribution in [0.5, 0.6) is 0 Å². The highest BCUT2D eigenvalue weighted by Gasteiger charge is 2.35. The zero-order valence-electron chi connectivity index (χ0n) is 11.1. The number of aliphatic carboxylic acids is 1. The summed E-state index contributed by atoms with van der Waals surface area (Å²) in [5.41, 5.74) is 2.11. The van der Waals surface area contributed by atoms with E-state index in [1.165, 1.54) is 4.90 Å². The number of nitrogens with one attached hydrogen (secondary N) is 1. The summed E-state index contributed by atoms with van der Waals surface area (Å²) in [6.07, 6.45) is 2.90. The van der Waals surface area contributed by atoms with Crippen LogP contribution >= 0.6 is 0 Å². The molecule has 1 amide bonds. The number of aryl methyl sites for hydroxylation is 1. The number of likely N-dealkylation sites (tertiary alicyclic amines) is 1. The van der Waals surface area contributed by atoms with Crippen molar-refractivity contribution in [3.63, 3.8) is 0 Å². The average Bonchev–Trinajstić information content (AvgIpc) is 3.04. The van der Waals surface area contributed by atoms with Crippen LogP contribution in [-0.4, -0.2) is 44.7 Å². The van der Waals surface area contributed by atoms with E-state index in [1.54, 1.807) is 12.3 Å². The zero-order valence-corrected chi connectivity index (χ0v) is 11.1. The summed E-state index contributed by atoms with van der Waals surface area (Å²) in [5.74, 6) is -1.18. The van der Waals surface area contributed by atoms with E-state index in [1.807, 2.05) is 13.0 Å². The van der Waals surface area contributed by atoms with Gasteiger partial charge in [0.05, 0.1) is 17.3 Å². The summed E-state index contributed by atoms with van der Waals surface area (Å²) in [6.45, 7) is 2.39. The lowest BCUT2D eigenvalue weighted by Crippen LogP contribution is -2.40. The molecule has 3 rings (SSSR count). The number of hydrogen-bond donors (Lipinski definition) is 2. The number of amides is 1. The van der Waals surface area contributed by atoms with Crippen LogP contribution in [0.3, 0.4) is 0 Å². The first-order valence-electron chi connectivity index (χ1n) is 6.55. The topological polar surface area (TPSA) is 86.3 Å². The van der Waals surface area contributed by atoms with Gasteiger partial charge in [-0.25, -0.2) is 4.79 Å². The normalized spacial score (nSPS) is 18.6. The Bertz CT molecular complexity index is 692. The number of aromatic nitrogens is 2. The van der Waals surface area contributed by atoms with Gasteiger partial charge in [0.1, 0.15) is 6.04 Å². The van der Waals surface area contributed by atoms with Gasteiger partial charge in [0.15, 0.2) is 0 Å². The lowest BCUT2D eigenvalue weighted by atomic mass is 10.1. The third kappa shape index (κ3) is 1.93. The molecule has 6 heteroatoms. The van der Waals surface area contributed by atoms with Gasteiger partial charge in [-0.3, -0.25) is 9.89 Å². The minimum Gasteiger partial charge on any atom is -0.480 e. The molecule has 0 unspecified atom stereocenters. The second-order valence-electron chi connectivity index (χ2n) is 5.14. The first-order valence-corrected chi connectivity index (χ1v) is 6.55. The summed E-state index contributed by atoms with van der Waals surface area (Å²) < 4.78 is 0. The van der Waals surface area contributed by atoms with E-state index < -0.39 is 12.0 Å². The summed E-state index contributed by atoms with van der Waals surface area (Å²) in [4.78, 5) is 25.3. The predicted molar refractivity (Wildman–Crippen MR) is 72.5 cm³/mol. The SMILES string of the molecule is Cc1cc(C(=O)N2CCC[C@@H]2C(=O)O)c2[nH]ncc2c1. The molecule has 104 valence electrons. The molecule has 2 N–H and O–H groups in total. The van der Waals surface area contributed by atoms with Crippen LogP contribution in [0.1, 0.15) is 28.8 Å². The Hall–Kier alpha value is -2.37. The fourth-order valence-electron chi connectivity index (χ4n) is 2.80. The first-order chi connectivity index (χ1) is 9.58. The quantitative estimate of drug-likeness (QED) is 0.869. The van der Waals surface area contributed by atoms with Gasteiger partial charge in [-0.15, -0.1) is 0 Å². The van der Waals surface area contributed by atoms with Gasteiger partial charge in [-0.2, -0.15) is 5.10 Å². The van der Waals surface area contributed by atoms with Crippen LogP contribution in [0.15, 0.2) is 18.3 Å². The Morgan fingerprint density at radius 1 is 1.45 bits per heavy atom. The highest BCUT2D eigenvalue weighted by molar-refractivity contribution is 6.06. The Balaban J connectivity index is 2.04. The second-order valence-corrected chi connectivity index (χ2v) is 5.14. The summed E-state index contributed by atoms with van der Waals surface area (Å²) in [7, 11) is 0. The van der Waals surface area contributed by atoms with Crippen molar-refractivity contribution >= 4 is 22.8 Å². The molecule has 6 nitrogen and oxygen atoms in total. The standard InChI is InChI=1S/C14H15N3O3/c1-8-5-9-7-15-16-12(9)10(6-8)13(18)17-4-2-3-11(17)14(19)20/h5-7,11H,2-4H2,1H3,(H,15,16)(H,19,20)/t11-/m1/s1. The van der Waals surface area contributed by atoms with Crippen molar-refractivity contribution in [2.45, 2.75) is 25.8 Å². The molecule has 0 saturated carbocycles. The smallest absolute Gasteiger partial charge is 0.326 e. The molecule has 20 heavy (non-hydrogen) atoms. The predicted octanol–water partition coefficient (Wildman–Crippen LogP) is 1.56. The number of aromatic amines is 1. The first kappa shape index (κ1) is 12.7. The van der Waals surface area contributed by atoms with Crippen LogP contribution < -0.4 is 0 Å². The maximum Gasteiger partial charge on any atom is 0.326 e. The van der Waals surface area contributed by atoms with Crippen molar-refractivity contribution in [1.82, 2.24) is 15.1 Å². The molecule has 0 radical (unpaired) electrons. The van der Waals surface area contributed by atoms with E-state index in [2.05, 4.69) is 10.2 Å². The molecule has 2 aromatic rings. The number of carboxylic acid groups (broad SMARTS) is 1. The van der Waals surface area contributed by atoms with Crippen LogP contribution in [0.25, 0.3) is 10.9 Å². The van der Waals surface area contributed by atoms with Crippen molar-refractivity contribution in [2.75, 3.05) is 6.54 Å². The molecule has 1 aliphatic heterocycles. The number of carboxylic acids is 1. The van der Waals surface area contributed by atoms with Crippen LogP contribution in [0, 0.1) is 6.92 Å². The Kier molecular flexibility index (Phi) is 2.93. The Morgan fingerprint density at radius 3 is 3.00 bits per heavy atom. The molecule has 0 bridgehead atoms. The third-order valence-corrected chi connectivity index (χ3v) is 3.72. The number of hydrogen-bond acceptors (Lipinski definition) is 3. The van der Waals surface area contributed by atoms with Gasteiger partial charge in [0, 0.05) is 11.9 Å². The molecular weight excluding hydrogens is 258 g/mol. The van der Waals surface area contributed by atoms with E-state index in [0.29, 0.717) is 24.0 Å². The summed E-state index contributed by atoms with van der Waals surface area (Å²) >= 11 is 0. The van der Waals surface area contributed by atoms with E-state index >= 15 is 0 Å². The number of benzene rings is 1.